The van der Waals surface area contributed by atoms with Crippen molar-refractivity contribution >= 4 is 17.7 Å². The van der Waals surface area contributed by atoms with Crippen molar-refractivity contribution < 1.29 is 18.7 Å². The summed E-state index contributed by atoms with van der Waals surface area (Å²) in [5, 5.41) is 11.5. The molecule has 2 heterocycles. The van der Waals surface area contributed by atoms with Crippen LogP contribution in [0.2, 0.25) is 0 Å². The number of hydrogen-bond acceptors (Lipinski definition) is 5. The van der Waals surface area contributed by atoms with Crippen LogP contribution in [0.1, 0.15) is 18.4 Å². The number of ether oxygens (including phenoxy) is 1. The highest BCUT2D eigenvalue weighted by Gasteiger charge is 2.57. The Hall–Kier alpha value is -2.82. The second-order valence-electron chi connectivity index (χ2n) is 7.12. The number of nitrogens with one attached hydrogen (secondary N) is 1. The van der Waals surface area contributed by atoms with Gasteiger partial charge in [-0.2, -0.15) is 5.26 Å². The number of rotatable bonds is 4. The number of amides is 2. The molecule has 1 aliphatic carbocycles. The molecular formula is C18H19FN4O3. The van der Waals surface area contributed by atoms with Gasteiger partial charge in [0.1, 0.15) is 11.9 Å². The number of carbonyl (C=O) groups excluding carboxylic acids is 2. The maximum atomic E-state index is 14.6. The topological polar surface area (TPSA) is 85.7 Å². The first kappa shape index (κ1) is 16.6. The number of likely N-dealkylation sites (tertiary alicyclic amines) is 1. The van der Waals surface area contributed by atoms with E-state index >= 15 is 0 Å². The minimum absolute atomic E-state index is 0.159. The lowest BCUT2D eigenvalue weighted by Gasteiger charge is -2.16. The predicted octanol–water partition coefficient (Wildman–Crippen LogP) is 1.41. The third-order valence-corrected chi connectivity index (χ3v) is 5.44. The van der Waals surface area contributed by atoms with E-state index in [1.54, 1.807) is 17.0 Å². The maximum absolute atomic E-state index is 14.6. The van der Waals surface area contributed by atoms with E-state index in [9.17, 15) is 14.0 Å². The zero-order valence-electron chi connectivity index (χ0n) is 14.3. The SMILES string of the molecule is CC(=O)NC[C@H]1CN(c2ccc(C3[C@H]4CN(C#N)C[C@@H]34)c(F)c2)C(=O)O1. The summed E-state index contributed by atoms with van der Waals surface area (Å²) in [6.07, 6.45) is 1.15. The number of cyclic esters (lactones) is 1. The number of benzene rings is 1. The first-order chi connectivity index (χ1) is 12.5. The molecule has 1 N–H and O–H groups in total. The average molecular weight is 358 g/mol. The molecule has 7 nitrogen and oxygen atoms in total. The Bertz CT molecular complexity index is 796. The van der Waals surface area contributed by atoms with Gasteiger partial charge in [0.2, 0.25) is 5.91 Å². The standard InChI is InChI=1S/C18H19FN4O3/c1-10(24)21-5-12-6-23(18(25)26-12)11-2-3-13(16(19)4-11)17-14-7-22(9-20)8-15(14)17/h2-4,12,14-15,17H,5-8H2,1H3,(H,21,24)/t12-,14-,15+,17?/m0/s1. The largest absolute Gasteiger partial charge is 0.442 e. The van der Waals surface area contributed by atoms with Gasteiger partial charge < -0.3 is 15.0 Å². The molecule has 4 rings (SSSR count). The van der Waals surface area contributed by atoms with Gasteiger partial charge in [-0.3, -0.25) is 9.69 Å². The van der Waals surface area contributed by atoms with Gasteiger partial charge in [-0.1, -0.05) is 6.07 Å². The average Bonchev–Trinajstić information content (AvgIpc) is 2.95. The van der Waals surface area contributed by atoms with Crippen LogP contribution >= 0.6 is 0 Å². The Labute approximate surface area is 150 Å². The Kier molecular flexibility index (Phi) is 3.94. The Morgan fingerprint density at radius 2 is 2.12 bits per heavy atom. The summed E-state index contributed by atoms with van der Waals surface area (Å²) >= 11 is 0. The quantitative estimate of drug-likeness (QED) is 0.823. The molecule has 136 valence electrons. The van der Waals surface area contributed by atoms with Gasteiger partial charge in [-0.15, -0.1) is 0 Å². The summed E-state index contributed by atoms with van der Waals surface area (Å²) in [4.78, 5) is 26.1. The molecule has 2 aliphatic heterocycles. The molecule has 0 aromatic heterocycles. The van der Waals surface area contributed by atoms with Crippen molar-refractivity contribution in [2.24, 2.45) is 11.8 Å². The monoisotopic (exact) mass is 358 g/mol. The van der Waals surface area contributed by atoms with Crippen LogP contribution in [-0.4, -0.2) is 49.2 Å². The van der Waals surface area contributed by atoms with Crippen molar-refractivity contribution in [3.05, 3.63) is 29.6 Å². The highest BCUT2D eigenvalue weighted by atomic mass is 19.1. The van der Waals surface area contributed by atoms with Gasteiger partial charge in [0.15, 0.2) is 6.19 Å². The number of hydrogen-bond donors (Lipinski definition) is 1. The molecular weight excluding hydrogens is 339 g/mol. The van der Waals surface area contributed by atoms with Crippen LogP contribution in [0.4, 0.5) is 14.9 Å². The van der Waals surface area contributed by atoms with Crippen molar-refractivity contribution in [2.75, 3.05) is 31.1 Å². The molecule has 1 saturated carbocycles. The van der Waals surface area contributed by atoms with Crippen LogP contribution in [0, 0.1) is 29.1 Å². The summed E-state index contributed by atoms with van der Waals surface area (Å²) in [6.45, 7) is 3.28. The summed E-state index contributed by atoms with van der Waals surface area (Å²) in [5.74, 6) is 0.317. The third-order valence-electron chi connectivity index (χ3n) is 5.44. The number of piperidine rings is 1. The van der Waals surface area contributed by atoms with E-state index in [1.807, 2.05) is 0 Å². The van der Waals surface area contributed by atoms with E-state index in [4.69, 9.17) is 10.00 Å². The lowest BCUT2D eigenvalue weighted by Crippen LogP contribution is -2.33. The van der Waals surface area contributed by atoms with Gasteiger partial charge in [-0.05, 0) is 35.4 Å². The number of anilines is 1. The second kappa shape index (κ2) is 6.16. The molecule has 26 heavy (non-hydrogen) atoms. The number of nitrogens with zero attached hydrogens (tertiary/aromatic N) is 3. The fourth-order valence-corrected chi connectivity index (χ4v) is 4.12. The highest BCUT2D eigenvalue weighted by Crippen LogP contribution is 2.58. The smallest absolute Gasteiger partial charge is 0.414 e. The van der Waals surface area contributed by atoms with Gasteiger partial charge >= 0.3 is 6.09 Å². The number of nitriles is 1. The van der Waals surface area contributed by atoms with Gasteiger partial charge in [-0.25, -0.2) is 9.18 Å². The van der Waals surface area contributed by atoms with E-state index in [-0.39, 0.29) is 30.7 Å². The van der Waals surface area contributed by atoms with Crippen molar-refractivity contribution in [2.45, 2.75) is 18.9 Å². The van der Waals surface area contributed by atoms with Crippen molar-refractivity contribution in [3.8, 4) is 6.19 Å². The zero-order chi connectivity index (χ0) is 18.4. The molecule has 3 aliphatic rings. The summed E-state index contributed by atoms with van der Waals surface area (Å²) in [5.41, 5.74) is 1.11. The maximum Gasteiger partial charge on any atom is 0.414 e. The molecule has 0 radical (unpaired) electrons. The van der Waals surface area contributed by atoms with E-state index < -0.39 is 12.2 Å². The van der Waals surface area contributed by atoms with Crippen molar-refractivity contribution in [1.82, 2.24) is 10.2 Å². The van der Waals surface area contributed by atoms with E-state index in [0.717, 1.165) is 0 Å². The Morgan fingerprint density at radius 3 is 2.73 bits per heavy atom. The number of halogens is 1. The lowest BCUT2D eigenvalue weighted by atomic mass is 10.1. The normalized spacial score (nSPS) is 29.2. The fraction of sp³-hybridized carbons (Fsp3) is 0.500. The van der Waals surface area contributed by atoms with Crippen LogP contribution in [0.5, 0.6) is 0 Å². The summed E-state index contributed by atoms with van der Waals surface area (Å²) < 4.78 is 19.9. The van der Waals surface area contributed by atoms with Crippen LogP contribution in [0.15, 0.2) is 18.2 Å². The van der Waals surface area contributed by atoms with Crippen LogP contribution in [0.25, 0.3) is 0 Å². The Balaban J connectivity index is 1.43. The van der Waals surface area contributed by atoms with Gasteiger partial charge in [0, 0.05) is 20.0 Å². The van der Waals surface area contributed by atoms with Crippen LogP contribution in [-0.2, 0) is 9.53 Å². The molecule has 8 heteroatoms. The predicted molar refractivity (Wildman–Crippen MR) is 89.6 cm³/mol. The molecule has 1 unspecified atom stereocenters. The van der Waals surface area contributed by atoms with Crippen molar-refractivity contribution in [1.29, 1.82) is 5.26 Å². The van der Waals surface area contributed by atoms with E-state index in [0.29, 0.717) is 36.2 Å². The fourth-order valence-electron chi connectivity index (χ4n) is 4.12. The molecule has 1 aromatic carbocycles. The first-order valence-electron chi connectivity index (χ1n) is 8.64. The summed E-state index contributed by atoms with van der Waals surface area (Å²) in [6, 6.07) is 4.84. The first-order valence-corrected chi connectivity index (χ1v) is 8.64. The third kappa shape index (κ3) is 2.83. The molecule has 0 bridgehead atoms. The van der Waals surface area contributed by atoms with Gasteiger partial charge in [0.25, 0.3) is 0 Å². The highest BCUT2D eigenvalue weighted by molar-refractivity contribution is 5.89. The lowest BCUT2D eigenvalue weighted by molar-refractivity contribution is -0.119. The van der Waals surface area contributed by atoms with Crippen LogP contribution < -0.4 is 10.2 Å². The molecule has 3 fully saturated rings. The van der Waals surface area contributed by atoms with E-state index in [2.05, 4.69) is 11.5 Å². The Morgan fingerprint density at radius 1 is 1.38 bits per heavy atom. The van der Waals surface area contributed by atoms with Crippen LogP contribution in [0.3, 0.4) is 0 Å². The zero-order valence-corrected chi connectivity index (χ0v) is 14.3. The van der Waals surface area contributed by atoms with E-state index in [1.165, 1.54) is 17.9 Å². The molecule has 2 saturated heterocycles. The minimum Gasteiger partial charge on any atom is -0.442 e. The molecule has 1 aromatic rings. The van der Waals surface area contributed by atoms with Gasteiger partial charge in [0.05, 0.1) is 18.8 Å². The summed E-state index contributed by atoms with van der Waals surface area (Å²) in [7, 11) is 0. The molecule has 4 atom stereocenters. The van der Waals surface area contributed by atoms with Crippen molar-refractivity contribution in [3.63, 3.8) is 0 Å². The molecule has 2 amide bonds. The number of fused-ring (bicyclic) bond motifs is 1. The number of carbonyl (C=O) groups is 2. The minimum atomic E-state index is -0.541. The molecule has 0 spiro atoms. The second-order valence-corrected chi connectivity index (χ2v) is 7.12.